The Kier molecular flexibility index (Phi) is 7.65. The molecule has 3 aliphatic rings. The number of carbonyl (C=O) groups is 2. The maximum Gasteiger partial charge on any atom is 0.254 e. The summed E-state index contributed by atoms with van der Waals surface area (Å²) in [6, 6.07) is 9.47. The Morgan fingerprint density at radius 2 is 2.03 bits per heavy atom. The van der Waals surface area contributed by atoms with Crippen molar-refractivity contribution in [1.82, 2.24) is 15.5 Å². The monoisotopic (exact) mass is 508 g/mol. The maximum atomic E-state index is 15.2. The highest BCUT2D eigenvalue weighted by molar-refractivity contribution is 5.95. The lowest BCUT2D eigenvalue weighted by Gasteiger charge is -2.28. The molecular weight excluding hydrogens is 479 g/mol. The number of nitrogens with one attached hydrogen (secondary N) is 2. The molecule has 0 aliphatic carbocycles. The molecule has 3 heterocycles. The Morgan fingerprint density at radius 1 is 1.19 bits per heavy atom. The molecule has 0 spiro atoms. The van der Waals surface area contributed by atoms with Gasteiger partial charge in [0.25, 0.3) is 11.8 Å². The minimum atomic E-state index is -0.920. The van der Waals surface area contributed by atoms with Gasteiger partial charge in [0.05, 0.1) is 19.3 Å². The molecule has 2 aromatic rings. The average molecular weight is 509 g/mol. The summed E-state index contributed by atoms with van der Waals surface area (Å²) >= 11 is 0. The third kappa shape index (κ3) is 5.59. The zero-order valence-corrected chi connectivity index (χ0v) is 20.4. The van der Waals surface area contributed by atoms with Gasteiger partial charge in [-0.15, -0.1) is 0 Å². The van der Waals surface area contributed by atoms with Crippen molar-refractivity contribution in [3.8, 4) is 22.9 Å². The number of benzene rings is 2. The Hall–Kier alpha value is -3.52. The van der Waals surface area contributed by atoms with Gasteiger partial charge >= 0.3 is 0 Å². The molecular formula is C27H29FN4O5. The number of ether oxygens (including phenoxy) is 3. The van der Waals surface area contributed by atoms with Gasteiger partial charge in [0, 0.05) is 43.8 Å². The Bertz CT molecular complexity index is 1220. The van der Waals surface area contributed by atoms with Crippen molar-refractivity contribution < 1.29 is 28.2 Å². The van der Waals surface area contributed by atoms with Gasteiger partial charge < -0.3 is 29.7 Å². The summed E-state index contributed by atoms with van der Waals surface area (Å²) in [6.07, 6.45) is 0.108. The third-order valence-electron chi connectivity index (χ3n) is 6.81. The Morgan fingerprint density at radius 3 is 2.84 bits per heavy atom. The van der Waals surface area contributed by atoms with Gasteiger partial charge in [-0.05, 0) is 53.9 Å². The molecule has 2 N–H and O–H groups in total. The van der Waals surface area contributed by atoms with Crippen LogP contribution in [-0.4, -0.2) is 74.9 Å². The highest BCUT2D eigenvalue weighted by Crippen LogP contribution is 2.39. The molecule has 0 bridgehead atoms. The van der Waals surface area contributed by atoms with E-state index in [0.29, 0.717) is 56.3 Å². The molecule has 194 valence electrons. The Balaban J connectivity index is 1.31. The predicted octanol–water partition coefficient (Wildman–Crippen LogP) is 1.79. The van der Waals surface area contributed by atoms with Crippen LogP contribution in [0.4, 0.5) is 4.39 Å². The summed E-state index contributed by atoms with van der Waals surface area (Å²) in [5.74, 6) is -0.457. The SMILES string of the molecule is N#CC(Cc1cc2c(cc1F)-c1ccc(C(=O)N3CCOCC3)cc1CO2)NC(=O)C1CNCCCO1. The number of carbonyl (C=O) groups excluding carboxylic acids is 2. The van der Waals surface area contributed by atoms with E-state index in [4.69, 9.17) is 14.2 Å². The van der Waals surface area contributed by atoms with E-state index >= 15 is 4.39 Å². The highest BCUT2D eigenvalue weighted by Gasteiger charge is 2.27. The van der Waals surface area contributed by atoms with Crippen molar-refractivity contribution >= 4 is 11.8 Å². The molecule has 0 saturated carbocycles. The number of nitriles is 1. The lowest BCUT2D eigenvalue weighted by atomic mass is 9.92. The van der Waals surface area contributed by atoms with Crippen molar-refractivity contribution in [3.63, 3.8) is 0 Å². The molecule has 5 rings (SSSR count). The maximum absolute atomic E-state index is 15.2. The molecule has 2 aromatic carbocycles. The quantitative estimate of drug-likeness (QED) is 0.633. The molecule has 2 atom stereocenters. The van der Waals surface area contributed by atoms with E-state index in [0.717, 1.165) is 24.1 Å². The van der Waals surface area contributed by atoms with E-state index in [9.17, 15) is 14.9 Å². The van der Waals surface area contributed by atoms with E-state index in [-0.39, 0.29) is 24.5 Å². The van der Waals surface area contributed by atoms with Crippen LogP contribution in [0.2, 0.25) is 0 Å². The first-order chi connectivity index (χ1) is 18.0. The lowest BCUT2D eigenvalue weighted by molar-refractivity contribution is -0.132. The first-order valence-electron chi connectivity index (χ1n) is 12.5. The molecule has 2 saturated heterocycles. The van der Waals surface area contributed by atoms with Crippen LogP contribution >= 0.6 is 0 Å². The summed E-state index contributed by atoms with van der Waals surface area (Å²) in [4.78, 5) is 27.2. The second kappa shape index (κ2) is 11.3. The van der Waals surface area contributed by atoms with Crippen LogP contribution in [0.25, 0.3) is 11.1 Å². The van der Waals surface area contributed by atoms with E-state index in [2.05, 4.69) is 10.6 Å². The van der Waals surface area contributed by atoms with Crippen LogP contribution in [0.1, 0.15) is 27.9 Å². The fraction of sp³-hybridized carbons (Fsp3) is 0.444. The highest BCUT2D eigenvalue weighted by atomic mass is 19.1. The molecule has 2 fully saturated rings. The van der Waals surface area contributed by atoms with Crippen molar-refractivity contribution in [2.75, 3.05) is 46.0 Å². The van der Waals surface area contributed by atoms with Gasteiger partial charge in [-0.3, -0.25) is 9.59 Å². The van der Waals surface area contributed by atoms with Gasteiger partial charge in [0.2, 0.25) is 0 Å². The van der Waals surface area contributed by atoms with E-state index < -0.39 is 23.9 Å². The van der Waals surface area contributed by atoms with Crippen LogP contribution in [0.15, 0.2) is 30.3 Å². The average Bonchev–Trinajstić information content (AvgIpc) is 3.22. The zero-order valence-electron chi connectivity index (χ0n) is 20.4. The van der Waals surface area contributed by atoms with Crippen LogP contribution < -0.4 is 15.4 Å². The summed E-state index contributed by atoms with van der Waals surface area (Å²) < 4.78 is 32.0. The van der Waals surface area contributed by atoms with Gasteiger partial charge in [-0.25, -0.2) is 4.39 Å². The number of rotatable bonds is 5. The molecule has 0 aromatic heterocycles. The van der Waals surface area contributed by atoms with Crippen molar-refractivity contribution in [3.05, 3.63) is 52.8 Å². The third-order valence-corrected chi connectivity index (χ3v) is 6.81. The number of nitrogens with zero attached hydrogens (tertiary/aromatic N) is 2. The molecule has 9 nitrogen and oxygen atoms in total. The Labute approximate surface area is 214 Å². The van der Waals surface area contributed by atoms with Crippen LogP contribution in [0.5, 0.6) is 5.75 Å². The van der Waals surface area contributed by atoms with Crippen molar-refractivity contribution in [1.29, 1.82) is 5.26 Å². The molecule has 2 amide bonds. The molecule has 0 radical (unpaired) electrons. The first kappa shape index (κ1) is 25.1. The predicted molar refractivity (Wildman–Crippen MR) is 131 cm³/mol. The fourth-order valence-electron chi connectivity index (χ4n) is 4.79. The van der Waals surface area contributed by atoms with Gasteiger partial charge in [0.15, 0.2) is 0 Å². The normalized spacial score (nSPS) is 19.9. The van der Waals surface area contributed by atoms with E-state index in [1.807, 2.05) is 12.1 Å². The topological polar surface area (TPSA) is 113 Å². The second-order valence-corrected chi connectivity index (χ2v) is 9.32. The molecule has 10 heteroatoms. The minimum Gasteiger partial charge on any atom is -0.488 e. The smallest absolute Gasteiger partial charge is 0.254 e. The van der Waals surface area contributed by atoms with Crippen molar-refractivity contribution in [2.24, 2.45) is 0 Å². The van der Waals surface area contributed by atoms with E-state index in [1.165, 1.54) is 6.07 Å². The molecule has 2 unspecified atom stereocenters. The van der Waals surface area contributed by atoms with Crippen LogP contribution in [0, 0.1) is 17.1 Å². The largest absolute Gasteiger partial charge is 0.488 e. The van der Waals surface area contributed by atoms with Crippen molar-refractivity contribution in [2.45, 2.75) is 31.6 Å². The molecule has 3 aliphatic heterocycles. The number of halogens is 1. The van der Waals surface area contributed by atoms with Gasteiger partial charge in [-0.1, -0.05) is 6.07 Å². The fourth-order valence-corrected chi connectivity index (χ4v) is 4.79. The number of hydrogen-bond donors (Lipinski definition) is 2. The second-order valence-electron chi connectivity index (χ2n) is 9.32. The number of amides is 2. The van der Waals surface area contributed by atoms with E-state index in [1.54, 1.807) is 23.1 Å². The lowest BCUT2D eigenvalue weighted by Crippen LogP contribution is -2.46. The summed E-state index contributed by atoms with van der Waals surface area (Å²) in [6.45, 7) is 3.99. The summed E-state index contributed by atoms with van der Waals surface area (Å²) in [5, 5.41) is 15.4. The van der Waals surface area contributed by atoms with Gasteiger partial charge in [0.1, 0.15) is 30.3 Å². The van der Waals surface area contributed by atoms with Gasteiger partial charge in [-0.2, -0.15) is 5.26 Å². The zero-order chi connectivity index (χ0) is 25.8. The number of fused-ring (bicyclic) bond motifs is 3. The first-order valence-corrected chi connectivity index (χ1v) is 12.5. The molecule has 37 heavy (non-hydrogen) atoms. The summed E-state index contributed by atoms with van der Waals surface area (Å²) in [7, 11) is 0. The minimum absolute atomic E-state index is 0.00922. The number of hydrogen-bond acceptors (Lipinski definition) is 7. The van der Waals surface area contributed by atoms with Crippen LogP contribution in [-0.2, 0) is 27.3 Å². The number of morpholine rings is 1. The summed E-state index contributed by atoms with van der Waals surface area (Å²) in [5.41, 5.74) is 3.02. The van der Waals surface area contributed by atoms with Crippen LogP contribution in [0.3, 0.4) is 0 Å². The standard InChI is InChI=1S/C27H29FN4O5/c28-23-13-22-21-3-2-17(27(34)32-5-8-35-9-6-32)10-19(21)16-37-24(22)12-18(23)11-20(14-29)31-26(33)25-15-30-4-1-7-36-25/h2-3,10,12-13,20,25,30H,1,4-9,11,15-16H2,(H,31,33).